The summed E-state index contributed by atoms with van der Waals surface area (Å²) in [7, 11) is 1.00. The molecule has 0 bridgehead atoms. The molecule has 0 aromatic heterocycles. The fraction of sp³-hybridized carbons (Fsp3) is 0.235. The zero-order chi connectivity index (χ0) is 16.8. The topological polar surface area (TPSA) is 63.3 Å². The van der Waals surface area contributed by atoms with E-state index in [9.17, 15) is 13.6 Å². The van der Waals surface area contributed by atoms with Gasteiger partial charge in [-0.25, -0.2) is 0 Å². The highest BCUT2D eigenvalue weighted by atomic mass is 19.3. The van der Waals surface area contributed by atoms with E-state index in [1.165, 1.54) is 12.1 Å². The molecule has 3 N–H and O–H groups in total. The minimum Gasteiger partial charge on any atom is -0.400 e. The van der Waals surface area contributed by atoms with Crippen molar-refractivity contribution in [1.29, 1.82) is 0 Å². The largest absolute Gasteiger partial charge is 0.400 e. The van der Waals surface area contributed by atoms with E-state index >= 15 is 0 Å². The number of nitrogens with two attached hydrogens (primary N) is 1. The number of hydrogen-bond donors (Lipinski definition) is 2. The first kappa shape index (κ1) is 17.9. The van der Waals surface area contributed by atoms with Gasteiger partial charge in [0.2, 0.25) is 0 Å². The highest BCUT2D eigenvalue weighted by molar-refractivity contribution is 5.65. The Morgan fingerprint density at radius 1 is 1.00 bits per heavy atom. The van der Waals surface area contributed by atoms with Crippen molar-refractivity contribution in [2.24, 2.45) is 5.73 Å². The first-order valence-corrected chi connectivity index (χ1v) is 6.66. The van der Waals surface area contributed by atoms with Crippen molar-refractivity contribution in [3.05, 3.63) is 59.7 Å². The summed E-state index contributed by atoms with van der Waals surface area (Å²) in [6.07, 6.45) is 0.0634. The van der Waals surface area contributed by atoms with Gasteiger partial charge in [-0.15, -0.1) is 0 Å². The Balaban J connectivity index is 0.00000116. The number of rotatable bonds is 4. The van der Waals surface area contributed by atoms with Crippen LogP contribution < -0.4 is 5.73 Å². The van der Waals surface area contributed by atoms with Crippen LogP contribution >= 0.6 is 0 Å². The lowest BCUT2D eigenvalue weighted by Gasteiger charge is -2.19. The Kier molecular flexibility index (Phi) is 6.34. The molecule has 0 fully saturated rings. The van der Waals surface area contributed by atoms with E-state index in [2.05, 4.69) is 0 Å². The van der Waals surface area contributed by atoms with Crippen LogP contribution in [0.15, 0.2) is 48.5 Å². The second-order valence-electron chi connectivity index (χ2n) is 4.73. The molecular formula is C17H19F2NO2. The fourth-order valence-electron chi connectivity index (χ4n) is 1.91. The molecule has 0 radical (unpaired) electrons. The quantitative estimate of drug-likeness (QED) is 0.854. The Bertz CT molecular complexity index is 595. The summed E-state index contributed by atoms with van der Waals surface area (Å²) < 4.78 is 27.6. The molecule has 0 saturated heterocycles. The monoisotopic (exact) mass is 307 g/mol. The number of aryl methyl sites for hydroxylation is 1. The van der Waals surface area contributed by atoms with Crippen LogP contribution in [0.5, 0.6) is 0 Å². The van der Waals surface area contributed by atoms with Gasteiger partial charge in [-0.1, -0.05) is 54.1 Å². The molecule has 0 spiro atoms. The first-order chi connectivity index (χ1) is 10.4. The van der Waals surface area contributed by atoms with Gasteiger partial charge in [0.15, 0.2) is 0 Å². The standard InChI is InChI=1S/C16H15F2NO.CH4O/c1-11-2-4-12(5-3-11)13-6-8-14(9-7-13)16(17,18)15(19)10-20;1-2/h2-10,15H,19H2,1H3;2H,1H3. The van der Waals surface area contributed by atoms with Gasteiger partial charge in [0.05, 0.1) is 0 Å². The van der Waals surface area contributed by atoms with Crippen LogP contribution in [0.25, 0.3) is 11.1 Å². The van der Waals surface area contributed by atoms with Gasteiger partial charge >= 0.3 is 0 Å². The maximum atomic E-state index is 13.8. The Hall–Kier alpha value is -2.11. The van der Waals surface area contributed by atoms with Crippen molar-refractivity contribution in [3.63, 3.8) is 0 Å². The predicted molar refractivity (Wildman–Crippen MR) is 82.7 cm³/mol. The highest BCUT2D eigenvalue weighted by Gasteiger charge is 2.38. The predicted octanol–water partition coefficient (Wildman–Crippen LogP) is 2.89. The summed E-state index contributed by atoms with van der Waals surface area (Å²) in [5.74, 6) is -3.35. The molecule has 1 atom stereocenters. The summed E-state index contributed by atoms with van der Waals surface area (Å²) in [6.45, 7) is 1.98. The van der Waals surface area contributed by atoms with Crippen molar-refractivity contribution < 1.29 is 18.7 Å². The number of halogens is 2. The minimum absolute atomic E-state index is 0.0634. The molecule has 0 heterocycles. The van der Waals surface area contributed by atoms with E-state index in [4.69, 9.17) is 10.8 Å². The van der Waals surface area contributed by atoms with Crippen LogP contribution in [0.2, 0.25) is 0 Å². The average Bonchev–Trinajstić information content (AvgIpc) is 2.56. The van der Waals surface area contributed by atoms with Crippen molar-refractivity contribution in [1.82, 2.24) is 0 Å². The molecule has 1 unspecified atom stereocenters. The molecule has 2 rings (SSSR count). The Morgan fingerprint density at radius 3 is 1.82 bits per heavy atom. The van der Waals surface area contributed by atoms with Gasteiger partial charge in [-0.2, -0.15) is 8.78 Å². The van der Waals surface area contributed by atoms with Gasteiger partial charge < -0.3 is 15.6 Å². The van der Waals surface area contributed by atoms with Crippen LogP contribution in [0.1, 0.15) is 11.1 Å². The maximum Gasteiger partial charge on any atom is 0.294 e. The number of benzene rings is 2. The van der Waals surface area contributed by atoms with E-state index in [0.29, 0.717) is 0 Å². The van der Waals surface area contributed by atoms with Crippen molar-refractivity contribution in [2.75, 3.05) is 7.11 Å². The van der Waals surface area contributed by atoms with Crippen LogP contribution in [-0.2, 0) is 10.7 Å². The lowest BCUT2D eigenvalue weighted by molar-refractivity contribution is -0.118. The number of carbonyl (C=O) groups is 1. The van der Waals surface area contributed by atoms with Gasteiger partial charge in [0.25, 0.3) is 5.92 Å². The van der Waals surface area contributed by atoms with Gasteiger partial charge in [-0.3, -0.25) is 0 Å². The summed E-state index contributed by atoms with van der Waals surface area (Å²) in [4.78, 5) is 10.4. The highest BCUT2D eigenvalue weighted by Crippen LogP contribution is 2.31. The minimum atomic E-state index is -3.35. The molecule has 5 heteroatoms. The van der Waals surface area contributed by atoms with E-state index in [1.807, 2.05) is 31.2 Å². The fourth-order valence-corrected chi connectivity index (χ4v) is 1.91. The third kappa shape index (κ3) is 3.96. The number of aliphatic hydroxyl groups is 1. The molecular weight excluding hydrogens is 288 g/mol. The van der Waals surface area contributed by atoms with E-state index in [1.54, 1.807) is 12.1 Å². The third-order valence-corrected chi connectivity index (χ3v) is 3.22. The average molecular weight is 307 g/mol. The van der Waals surface area contributed by atoms with Crippen LogP contribution in [0.4, 0.5) is 8.78 Å². The number of aliphatic hydroxyl groups excluding tert-OH is 1. The van der Waals surface area contributed by atoms with Crippen molar-refractivity contribution in [3.8, 4) is 11.1 Å². The summed E-state index contributed by atoms with van der Waals surface area (Å²) >= 11 is 0. The molecule has 0 aliphatic carbocycles. The molecule has 0 amide bonds. The van der Waals surface area contributed by atoms with Crippen LogP contribution in [0, 0.1) is 6.92 Å². The smallest absolute Gasteiger partial charge is 0.294 e. The van der Waals surface area contributed by atoms with Gasteiger partial charge in [-0.05, 0) is 18.1 Å². The Labute approximate surface area is 128 Å². The second kappa shape index (κ2) is 7.77. The van der Waals surface area contributed by atoms with E-state index in [-0.39, 0.29) is 11.8 Å². The zero-order valence-electron chi connectivity index (χ0n) is 12.5. The first-order valence-electron chi connectivity index (χ1n) is 6.66. The molecule has 22 heavy (non-hydrogen) atoms. The second-order valence-corrected chi connectivity index (χ2v) is 4.73. The molecule has 2 aromatic rings. The molecule has 3 nitrogen and oxygen atoms in total. The van der Waals surface area contributed by atoms with Gasteiger partial charge in [0, 0.05) is 12.7 Å². The third-order valence-electron chi connectivity index (χ3n) is 3.22. The summed E-state index contributed by atoms with van der Waals surface area (Å²) in [5.41, 5.74) is 7.79. The van der Waals surface area contributed by atoms with E-state index < -0.39 is 12.0 Å². The number of hydrogen-bond acceptors (Lipinski definition) is 3. The van der Waals surface area contributed by atoms with Crippen LogP contribution in [0.3, 0.4) is 0 Å². The molecule has 2 aromatic carbocycles. The van der Waals surface area contributed by atoms with Gasteiger partial charge in [0.1, 0.15) is 12.3 Å². The maximum absolute atomic E-state index is 13.8. The lowest BCUT2D eigenvalue weighted by atomic mass is 9.98. The molecule has 0 aliphatic rings. The number of carbonyl (C=O) groups excluding carboxylic acids is 1. The normalized spacial score (nSPS) is 12.1. The van der Waals surface area contributed by atoms with Crippen molar-refractivity contribution in [2.45, 2.75) is 18.9 Å². The number of alkyl halides is 2. The molecule has 0 saturated carbocycles. The summed E-state index contributed by atoms with van der Waals surface area (Å²) in [6, 6.07) is 11.8. The zero-order valence-corrected chi connectivity index (χ0v) is 12.5. The lowest BCUT2D eigenvalue weighted by Crippen LogP contribution is -2.39. The summed E-state index contributed by atoms with van der Waals surface area (Å²) in [5, 5.41) is 7.00. The van der Waals surface area contributed by atoms with Crippen LogP contribution in [-0.4, -0.2) is 24.5 Å². The SMILES string of the molecule is CO.Cc1ccc(-c2ccc(C(F)(F)C(N)C=O)cc2)cc1. The Morgan fingerprint density at radius 2 is 1.41 bits per heavy atom. The molecule has 0 aliphatic heterocycles. The number of aldehydes is 1. The molecule has 118 valence electrons. The van der Waals surface area contributed by atoms with E-state index in [0.717, 1.165) is 23.8 Å². The van der Waals surface area contributed by atoms with Crippen molar-refractivity contribution >= 4 is 6.29 Å².